The molecule has 2 atom stereocenters. The molecule has 19 heavy (non-hydrogen) atoms. The lowest BCUT2D eigenvalue weighted by atomic mass is 10.2. The Hall–Kier alpha value is -1.13. The van der Waals surface area contributed by atoms with Crippen molar-refractivity contribution in [3.63, 3.8) is 0 Å². The molecule has 1 aromatic heterocycles. The Morgan fingerprint density at radius 3 is 2.95 bits per heavy atom. The summed E-state index contributed by atoms with van der Waals surface area (Å²) in [5.41, 5.74) is 0.929. The third kappa shape index (κ3) is 4.48. The molecule has 106 valence electrons. The molecule has 4 heteroatoms. The van der Waals surface area contributed by atoms with E-state index in [4.69, 9.17) is 9.47 Å². The second kappa shape index (κ2) is 6.87. The third-order valence-corrected chi connectivity index (χ3v) is 3.33. The van der Waals surface area contributed by atoms with Gasteiger partial charge in [-0.2, -0.15) is 0 Å². The average Bonchev–Trinajstić information content (AvgIpc) is 2.83. The molecule has 0 aromatic carbocycles. The molecule has 1 saturated heterocycles. The van der Waals surface area contributed by atoms with Gasteiger partial charge in [-0.05, 0) is 31.9 Å². The predicted octanol–water partition coefficient (Wildman–Crippen LogP) is 2.31. The van der Waals surface area contributed by atoms with Crippen LogP contribution < -0.4 is 10.1 Å². The molecule has 2 rings (SSSR count). The fourth-order valence-corrected chi connectivity index (χ4v) is 2.22. The van der Waals surface area contributed by atoms with Crippen LogP contribution in [0.3, 0.4) is 0 Å². The van der Waals surface area contributed by atoms with Crippen LogP contribution in [-0.4, -0.2) is 36.4 Å². The molecule has 0 spiro atoms. The van der Waals surface area contributed by atoms with Crippen LogP contribution in [0.5, 0.6) is 5.75 Å². The summed E-state index contributed by atoms with van der Waals surface area (Å²) in [7, 11) is 0. The van der Waals surface area contributed by atoms with Gasteiger partial charge >= 0.3 is 0 Å². The lowest BCUT2D eigenvalue weighted by Gasteiger charge is -2.16. The van der Waals surface area contributed by atoms with E-state index >= 15 is 0 Å². The third-order valence-electron chi connectivity index (χ3n) is 3.33. The lowest BCUT2D eigenvalue weighted by Crippen LogP contribution is -2.32. The average molecular weight is 264 g/mol. The van der Waals surface area contributed by atoms with Crippen LogP contribution in [0.25, 0.3) is 0 Å². The van der Waals surface area contributed by atoms with Gasteiger partial charge in [-0.15, -0.1) is 0 Å². The van der Waals surface area contributed by atoms with Gasteiger partial charge in [0.15, 0.2) is 0 Å². The van der Waals surface area contributed by atoms with Gasteiger partial charge in [0.05, 0.1) is 17.9 Å². The first-order valence-electron chi connectivity index (χ1n) is 7.08. The van der Waals surface area contributed by atoms with E-state index in [2.05, 4.69) is 24.1 Å². The highest BCUT2D eigenvalue weighted by Gasteiger charge is 2.25. The number of hydrogen-bond acceptors (Lipinski definition) is 4. The van der Waals surface area contributed by atoms with Crippen LogP contribution >= 0.6 is 0 Å². The zero-order valence-corrected chi connectivity index (χ0v) is 12.1. The summed E-state index contributed by atoms with van der Waals surface area (Å²) in [6, 6.07) is 4.36. The van der Waals surface area contributed by atoms with E-state index in [1.54, 1.807) is 6.20 Å². The van der Waals surface area contributed by atoms with E-state index in [0.717, 1.165) is 30.8 Å². The largest absolute Gasteiger partial charge is 0.489 e. The Morgan fingerprint density at radius 1 is 1.42 bits per heavy atom. The van der Waals surface area contributed by atoms with Crippen LogP contribution in [0.15, 0.2) is 18.3 Å². The van der Waals surface area contributed by atoms with Crippen molar-refractivity contribution in [3.05, 3.63) is 24.0 Å². The Labute approximate surface area is 115 Å². The summed E-state index contributed by atoms with van der Waals surface area (Å²) in [6.45, 7) is 7.81. The van der Waals surface area contributed by atoms with Crippen LogP contribution in [0.1, 0.15) is 32.4 Å². The molecular formula is C15H24N2O2. The molecule has 0 bridgehead atoms. The number of nitrogens with zero attached hydrogens (tertiary/aromatic N) is 1. The van der Waals surface area contributed by atoms with Gasteiger partial charge in [0, 0.05) is 18.8 Å². The van der Waals surface area contributed by atoms with Crippen molar-refractivity contribution in [2.75, 3.05) is 13.2 Å². The zero-order valence-electron chi connectivity index (χ0n) is 12.1. The summed E-state index contributed by atoms with van der Waals surface area (Å²) < 4.78 is 11.8. The van der Waals surface area contributed by atoms with E-state index in [9.17, 15) is 0 Å². The van der Waals surface area contributed by atoms with E-state index in [0.29, 0.717) is 18.8 Å². The summed E-state index contributed by atoms with van der Waals surface area (Å²) in [6.07, 6.45) is 4.50. The maximum atomic E-state index is 5.97. The van der Waals surface area contributed by atoms with E-state index in [1.807, 2.05) is 19.1 Å². The minimum atomic E-state index is 0.207. The second-order valence-electron chi connectivity index (χ2n) is 5.42. The van der Waals surface area contributed by atoms with Gasteiger partial charge in [0.25, 0.3) is 0 Å². The molecular weight excluding hydrogens is 240 g/mol. The first kappa shape index (κ1) is 14.3. The number of nitrogens with one attached hydrogen (secondary N) is 1. The number of ether oxygens (including phenoxy) is 2. The quantitative estimate of drug-likeness (QED) is 0.856. The summed E-state index contributed by atoms with van der Waals surface area (Å²) in [5.74, 6) is 0.856. The molecule has 1 N–H and O–H groups in total. The minimum absolute atomic E-state index is 0.207. The monoisotopic (exact) mass is 264 g/mol. The minimum Gasteiger partial charge on any atom is -0.489 e. The zero-order chi connectivity index (χ0) is 13.7. The van der Waals surface area contributed by atoms with Crippen molar-refractivity contribution in [3.8, 4) is 5.75 Å². The molecule has 1 aromatic rings. The van der Waals surface area contributed by atoms with Gasteiger partial charge in [-0.25, -0.2) is 0 Å². The van der Waals surface area contributed by atoms with Crippen molar-refractivity contribution < 1.29 is 9.47 Å². The van der Waals surface area contributed by atoms with Crippen LogP contribution in [0.4, 0.5) is 0 Å². The molecule has 4 nitrogen and oxygen atoms in total. The fourth-order valence-electron chi connectivity index (χ4n) is 2.22. The maximum Gasteiger partial charge on any atom is 0.140 e. The first-order chi connectivity index (χ1) is 9.15. The Bertz CT molecular complexity index is 395. The summed E-state index contributed by atoms with van der Waals surface area (Å²) in [4.78, 5) is 4.21. The van der Waals surface area contributed by atoms with Crippen LogP contribution in [0.2, 0.25) is 0 Å². The van der Waals surface area contributed by atoms with E-state index in [1.165, 1.54) is 0 Å². The van der Waals surface area contributed by atoms with Gasteiger partial charge in [0.1, 0.15) is 12.4 Å². The van der Waals surface area contributed by atoms with E-state index < -0.39 is 0 Å². The van der Waals surface area contributed by atoms with Crippen LogP contribution in [0, 0.1) is 6.92 Å². The van der Waals surface area contributed by atoms with Crippen molar-refractivity contribution in [1.82, 2.24) is 10.3 Å². The molecule has 0 saturated carbocycles. The normalized spacial score (nSPS) is 22.9. The molecule has 0 aliphatic carbocycles. The number of rotatable bonds is 6. The Kier molecular flexibility index (Phi) is 5.16. The Morgan fingerprint density at radius 2 is 2.21 bits per heavy atom. The molecule has 1 aliphatic rings. The SMILES string of the molecule is Cc1ncccc1OCC1CCC(CNC(C)C)O1. The molecule has 2 unspecified atom stereocenters. The van der Waals surface area contributed by atoms with E-state index in [-0.39, 0.29) is 6.10 Å². The van der Waals surface area contributed by atoms with Crippen molar-refractivity contribution in [2.45, 2.75) is 51.9 Å². The van der Waals surface area contributed by atoms with Gasteiger partial charge in [-0.1, -0.05) is 13.8 Å². The first-order valence-corrected chi connectivity index (χ1v) is 7.08. The van der Waals surface area contributed by atoms with Gasteiger partial charge < -0.3 is 14.8 Å². The number of aryl methyl sites for hydroxylation is 1. The molecule has 0 amide bonds. The highest BCUT2D eigenvalue weighted by Crippen LogP contribution is 2.21. The smallest absolute Gasteiger partial charge is 0.140 e. The molecule has 1 fully saturated rings. The van der Waals surface area contributed by atoms with Gasteiger partial charge in [-0.3, -0.25) is 4.98 Å². The number of pyridine rings is 1. The van der Waals surface area contributed by atoms with Gasteiger partial charge in [0.2, 0.25) is 0 Å². The Balaban J connectivity index is 1.72. The molecule has 1 aliphatic heterocycles. The van der Waals surface area contributed by atoms with Crippen LogP contribution in [-0.2, 0) is 4.74 Å². The molecule has 0 radical (unpaired) electrons. The second-order valence-corrected chi connectivity index (χ2v) is 5.42. The fraction of sp³-hybridized carbons (Fsp3) is 0.667. The topological polar surface area (TPSA) is 43.4 Å². The van der Waals surface area contributed by atoms with Crippen molar-refractivity contribution in [1.29, 1.82) is 0 Å². The maximum absolute atomic E-state index is 5.97. The highest BCUT2D eigenvalue weighted by molar-refractivity contribution is 5.25. The lowest BCUT2D eigenvalue weighted by molar-refractivity contribution is 0.0176. The van der Waals surface area contributed by atoms with Crippen molar-refractivity contribution >= 4 is 0 Å². The summed E-state index contributed by atoms with van der Waals surface area (Å²) in [5, 5.41) is 3.42. The highest BCUT2D eigenvalue weighted by atomic mass is 16.5. The molecule has 2 heterocycles. The number of aromatic nitrogens is 1. The predicted molar refractivity (Wildman–Crippen MR) is 75.5 cm³/mol. The standard InChI is InChI=1S/C15H24N2O2/c1-11(2)17-9-13-6-7-14(19-13)10-18-15-5-4-8-16-12(15)3/h4-5,8,11,13-14,17H,6-7,9-10H2,1-3H3. The summed E-state index contributed by atoms with van der Waals surface area (Å²) >= 11 is 0. The van der Waals surface area contributed by atoms with Crippen molar-refractivity contribution in [2.24, 2.45) is 0 Å². The number of hydrogen-bond donors (Lipinski definition) is 1.